The molecule has 2 N–H and O–H groups in total. The molecule has 3 rings (SSSR count). The third kappa shape index (κ3) is 3.82. The SMILES string of the molecule is C=C1C(=O)OC2CC(CO)C3(OCC)CC(O)C(C)(CC(OC(=O)C(C)=CC)C12)O3. The average molecular weight is 424 g/mol. The van der Waals surface area contributed by atoms with Gasteiger partial charge in [0.05, 0.1) is 24.2 Å². The zero-order chi connectivity index (χ0) is 22.3. The maximum Gasteiger partial charge on any atom is 0.334 e. The summed E-state index contributed by atoms with van der Waals surface area (Å²) in [5.41, 5.74) is -0.468. The van der Waals surface area contributed by atoms with Crippen molar-refractivity contribution in [2.24, 2.45) is 11.8 Å². The monoisotopic (exact) mass is 424 g/mol. The molecule has 3 aliphatic rings. The van der Waals surface area contributed by atoms with Gasteiger partial charge in [0.1, 0.15) is 12.2 Å². The van der Waals surface area contributed by atoms with Crippen molar-refractivity contribution in [3.63, 3.8) is 0 Å². The highest BCUT2D eigenvalue weighted by atomic mass is 16.7. The third-order valence-electron chi connectivity index (χ3n) is 6.68. The predicted molar refractivity (Wildman–Crippen MR) is 106 cm³/mol. The summed E-state index contributed by atoms with van der Waals surface area (Å²) in [4.78, 5) is 24.9. The Labute approximate surface area is 176 Å². The molecule has 2 bridgehead atoms. The lowest BCUT2D eigenvalue weighted by atomic mass is 9.77. The van der Waals surface area contributed by atoms with Gasteiger partial charge in [0.2, 0.25) is 0 Å². The lowest BCUT2D eigenvalue weighted by molar-refractivity contribution is -0.283. The number of carbonyl (C=O) groups is 2. The number of fused-ring (bicyclic) bond motifs is 3. The van der Waals surface area contributed by atoms with E-state index in [-0.39, 0.29) is 31.4 Å². The van der Waals surface area contributed by atoms with Crippen LogP contribution in [-0.4, -0.2) is 65.1 Å². The van der Waals surface area contributed by atoms with Crippen LogP contribution in [0.2, 0.25) is 0 Å². The second kappa shape index (κ2) is 8.42. The zero-order valence-electron chi connectivity index (χ0n) is 18.1. The van der Waals surface area contributed by atoms with E-state index in [1.165, 1.54) is 0 Å². The first-order valence-corrected chi connectivity index (χ1v) is 10.5. The van der Waals surface area contributed by atoms with Crippen molar-refractivity contribution in [1.29, 1.82) is 0 Å². The summed E-state index contributed by atoms with van der Waals surface area (Å²) in [6.45, 7) is 10.8. The van der Waals surface area contributed by atoms with E-state index in [4.69, 9.17) is 18.9 Å². The van der Waals surface area contributed by atoms with Crippen molar-refractivity contribution in [3.8, 4) is 0 Å². The molecule has 7 atom stereocenters. The third-order valence-corrected chi connectivity index (χ3v) is 6.68. The highest BCUT2D eigenvalue weighted by molar-refractivity contribution is 5.91. The smallest absolute Gasteiger partial charge is 0.334 e. The maximum atomic E-state index is 12.6. The predicted octanol–water partition coefficient (Wildman–Crippen LogP) is 1.64. The summed E-state index contributed by atoms with van der Waals surface area (Å²) < 4.78 is 23.6. The Bertz CT molecular complexity index is 745. The average Bonchev–Trinajstić information content (AvgIpc) is 3.12. The van der Waals surface area contributed by atoms with Gasteiger partial charge in [-0.2, -0.15) is 0 Å². The van der Waals surface area contributed by atoms with Gasteiger partial charge in [-0.15, -0.1) is 0 Å². The van der Waals surface area contributed by atoms with Crippen LogP contribution in [0.4, 0.5) is 0 Å². The fourth-order valence-electron chi connectivity index (χ4n) is 4.84. The summed E-state index contributed by atoms with van der Waals surface area (Å²) in [6, 6.07) is 0. The van der Waals surface area contributed by atoms with E-state index in [1.54, 1.807) is 26.8 Å². The lowest BCUT2D eigenvalue weighted by Gasteiger charge is -2.38. The van der Waals surface area contributed by atoms with Crippen molar-refractivity contribution in [1.82, 2.24) is 0 Å². The second-order valence-electron chi connectivity index (χ2n) is 8.61. The molecule has 0 saturated carbocycles. The summed E-state index contributed by atoms with van der Waals surface area (Å²) in [6.07, 6.45) is -0.206. The molecule has 30 heavy (non-hydrogen) atoms. The molecule has 0 aromatic carbocycles. The molecule has 3 heterocycles. The number of rotatable bonds is 5. The van der Waals surface area contributed by atoms with Crippen molar-refractivity contribution < 1.29 is 38.7 Å². The quantitative estimate of drug-likeness (QED) is 0.506. The van der Waals surface area contributed by atoms with E-state index < -0.39 is 53.5 Å². The zero-order valence-corrected chi connectivity index (χ0v) is 18.1. The molecule has 168 valence electrons. The first-order valence-electron chi connectivity index (χ1n) is 10.5. The van der Waals surface area contributed by atoms with Gasteiger partial charge in [-0.3, -0.25) is 0 Å². The number of esters is 2. The van der Waals surface area contributed by atoms with E-state index in [0.29, 0.717) is 12.2 Å². The largest absolute Gasteiger partial charge is 0.458 e. The van der Waals surface area contributed by atoms with E-state index in [0.717, 1.165) is 0 Å². The minimum atomic E-state index is -1.23. The van der Waals surface area contributed by atoms with E-state index in [9.17, 15) is 19.8 Å². The minimum absolute atomic E-state index is 0.126. The van der Waals surface area contributed by atoms with Crippen LogP contribution in [-0.2, 0) is 28.5 Å². The molecular formula is C22H32O8. The van der Waals surface area contributed by atoms with Crippen LogP contribution < -0.4 is 0 Å². The summed E-state index contributed by atoms with van der Waals surface area (Å²) in [5, 5.41) is 21.1. The van der Waals surface area contributed by atoms with Crippen molar-refractivity contribution in [2.75, 3.05) is 13.2 Å². The molecule has 0 amide bonds. The molecule has 0 radical (unpaired) electrons. The second-order valence-corrected chi connectivity index (χ2v) is 8.61. The fourth-order valence-corrected chi connectivity index (χ4v) is 4.84. The first kappa shape index (κ1) is 22.9. The molecule has 8 nitrogen and oxygen atoms in total. The Kier molecular flexibility index (Phi) is 6.43. The maximum absolute atomic E-state index is 12.6. The molecule has 3 aliphatic heterocycles. The number of aliphatic hydroxyl groups is 2. The molecule has 0 aromatic heterocycles. The highest BCUT2D eigenvalue weighted by Gasteiger charge is 2.62. The number of aliphatic hydroxyl groups excluding tert-OH is 2. The Morgan fingerprint density at radius 2 is 2.10 bits per heavy atom. The van der Waals surface area contributed by atoms with Crippen LogP contribution >= 0.6 is 0 Å². The fraction of sp³-hybridized carbons (Fsp3) is 0.727. The first-order chi connectivity index (χ1) is 14.1. The summed E-state index contributed by atoms with van der Waals surface area (Å²) in [7, 11) is 0. The Morgan fingerprint density at radius 1 is 1.40 bits per heavy atom. The van der Waals surface area contributed by atoms with Crippen LogP contribution in [0.5, 0.6) is 0 Å². The highest BCUT2D eigenvalue weighted by Crippen LogP contribution is 2.51. The molecule has 0 aliphatic carbocycles. The molecule has 3 saturated heterocycles. The Hall–Kier alpha value is -1.74. The number of hydrogen-bond acceptors (Lipinski definition) is 8. The Balaban J connectivity index is 2.06. The molecule has 0 spiro atoms. The molecule has 8 heteroatoms. The van der Waals surface area contributed by atoms with Gasteiger partial charge in [0.15, 0.2) is 5.79 Å². The number of allylic oxidation sites excluding steroid dienone is 1. The molecule has 3 fully saturated rings. The van der Waals surface area contributed by atoms with Crippen LogP contribution in [0.1, 0.15) is 47.0 Å². The van der Waals surface area contributed by atoms with Crippen LogP contribution in [0.25, 0.3) is 0 Å². The molecular weight excluding hydrogens is 392 g/mol. The van der Waals surface area contributed by atoms with Crippen LogP contribution in [0.3, 0.4) is 0 Å². The minimum Gasteiger partial charge on any atom is -0.458 e. The number of ether oxygens (including phenoxy) is 4. The van der Waals surface area contributed by atoms with Gasteiger partial charge >= 0.3 is 11.9 Å². The van der Waals surface area contributed by atoms with Crippen molar-refractivity contribution in [2.45, 2.75) is 76.7 Å². The van der Waals surface area contributed by atoms with E-state index in [2.05, 4.69) is 6.58 Å². The number of hydrogen-bond donors (Lipinski definition) is 2. The van der Waals surface area contributed by atoms with E-state index in [1.807, 2.05) is 6.92 Å². The van der Waals surface area contributed by atoms with Gasteiger partial charge < -0.3 is 29.2 Å². The van der Waals surface area contributed by atoms with Gasteiger partial charge in [-0.1, -0.05) is 12.7 Å². The summed E-state index contributed by atoms with van der Waals surface area (Å²) in [5.74, 6) is -3.44. The van der Waals surface area contributed by atoms with E-state index >= 15 is 0 Å². The summed E-state index contributed by atoms with van der Waals surface area (Å²) >= 11 is 0. The van der Waals surface area contributed by atoms with Gasteiger partial charge in [0.25, 0.3) is 0 Å². The van der Waals surface area contributed by atoms with Crippen molar-refractivity contribution in [3.05, 3.63) is 23.8 Å². The van der Waals surface area contributed by atoms with Crippen LogP contribution in [0.15, 0.2) is 23.8 Å². The van der Waals surface area contributed by atoms with Crippen molar-refractivity contribution >= 4 is 11.9 Å². The molecule has 0 aromatic rings. The Morgan fingerprint density at radius 3 is 2.70 bits per heavy atom. The van der Waals surface area contributed by atoms with Gasteiger partial charge in [0, 0.05) is 36.5 Å². The van der Waals surface area contributed by atoms with Crippen LogP contribution in [0, 0.1) is 11.8 Å². The lowest BCUT2D eigenvalue weighted by Crippen LogP contribution is -2.46. The normalized spacial score (nSPS) is 41.5. The van der Waals surface area contributed by atoms with Gasteiger partial charge in [-0.05, 0) is 34.1 Å². The number of carbonyl (C=O) groups excluding carboxylic acids is 2. The standard InChI is InChI=1S/C22H32O8/c1-6-12(3)19(25)29-16-9-21(5)17(24)10-22(30-21,27-7-2)14(11-23)8-15-18(16)13(4)20(26)28-15/h6,14-18,23-24H,4,7-11H2,1-3,5H3. The van der Waals surface area contributed by atoms with Gasteiger partial charge in [-0.25, -0.2) is 9.59 Å². The topological polar surface area (TPSA) is 112 Å². The molecule has 7 unspecified atom stereocenters.